The van der Waals surface area contributed by atoms with Crippen LogP contribution in [0.4, 0.5) is 10.5 Å². The second-order valence-corrected chi connectivity index (χ2v) is 13.9. The monoisotopic (exact) mass is 720 g/mol. The van der Waals surface area contributed by atoms with Crippen molar-refractivity contribution >= 4 is 51.0 Å². The summed E-state index contributed by atoms with van der Waals surface area (Å²) in [5, 5.41) is 6.49. The number of sulfonamides is 1. The SMILES string of the molecule is CCCCCCCCNS(=O)(=O)c1ccc(NC(=O)C(C(=O)c2c(-c3ccccc3)noc2-c2ccccc2)N2C(=O)OC(C)C2=O)c(Cl)c1. The van der Waals surface area contributed by atoms with Gasteiger partial charge in [0.2, 0.25) is 15.8 Å². The molecule has 3 aromatic carbocycles. The second-order valence-electron chi connectivity index (χ2n) is 11.8. The smallest absolute Gasteiger partial charge is 0.418 e. The molecule has 262 valence electrons. The van der Waals surface area contributed by atoms with E-state index in [1.807, 2.05) is 0 Å². The van der Waals surface area contributed by atoms with Gasteiger partial charge in [-0.15, -0.1) is 0 Å². The van der Waals surface area contributed by atoms with Gasteiger partial charge in [-0.05, 0) is 31.5 Å². The lowest BCUT2D eigenvalue weighted by Crippen LogP contribution is -2.52. The van der Waals surface area contributed by atoms with Gasteiger partial charge < -0.3 is 14.6 Å². The molecule has 14 heteroatoms. The Kier molecular flexibility index (Phi) is 11.8. The Morgan fingerprint density at radius 1 is 0.920 bits per heavy atom. The number of ether oxygens (including phenoxy) is 1. The second kappa shape index (κ2) is 16.2. The van der Waals surface area contributed by atoms with Crippen LogP contribution in [0.25, 0.3) is 22.6 Å². The summed E-state index contributed by atoms with van der Waals surface area (Å²) in [6, 6.07) is 18.8. The molecule has 1 aliphatic rings. The normalized spacial score (nSPS) is 15.2. The maximum atomic E-state index is 14.6. The van der Waals surface area contributed by atoms with Crippen LogP contribution in [0.5, 0.6) is 0 Å². The quantitative estimate of drug-likeness (QED) is 0.0715. The van der Waals surface area contributed by atoms with Crippen LogP contribution in [0.2, 0.25) is 5.02 Å². The first-order valence-corrected chi connectivity index (χ1v) is 18.2. The first-order chi connectivity index (χ1) is 24.0. The summed E-state index contributed by atoms with van der Waals surface area (Å²) in [6.45, 7) is 3.70. The largest absolute Gasteiger partial charge is 0.436 e. The number of hydrogen-bond acceptors (Lipinski definition) is 9. The zero-order valence-corrected chi connectivity index (χ0v) is 29.1. The predicted octanol–water partition coefficient (Wildman–Crippen LogP) is 6.86. The van der Waals surface area contributed by atoms with E-state index in [0.29, 0.717) is 22.4 Å². The number of halogens is 1. The van der Waals surface area contributed by atoms with E-state index in [1.165, 1.54) is 19.1 Å². The molecule has 2 N–H and O–H groups in total. The van der Waals surface area contributed by atoms with Crippen molar-refractivity contribution in [3.05, 3.63) is 89.4 Å². The van der Waals surface area contributed by atoms with Gasteiger partial charge >= 0.3 is 6.09 Å². The van der Waals surface area contributed by atoms with E-state index in [-0.39, 0.29) is 39.2 Å². The van der Waals surface area contributed by atoms with Crippen LogP contribution in [0.15, 0.2) is 88.3 Å². The molecule has 5 rings (SSSR count). The molecule has 1 aliphatic heterocycles. The highest BCUT2D eigenvalue weighted by atomic mass is 35.5. The van der Waals surface area contributed by atoms with E-state index in [9.17, 15) is 27.6 Å². The average Bonchev–Trinajstić information content (AvgIpc) is 3.66. The zero-order chi connectivity index (χ0) is 35.8. The Morgan fingerprint density at radius 2 is 1.56 bits per heavy atom. The van der Waals surface area contributed by atoms with Crippen molar-refractivity contribution in [1.82, 2.24) is 14.8 Å². The van der Waals surface area contributed by atoms with Crippen molar-refractivity contribution in [2.75, 3.05) is 11.9 Å². The Labute approximate surface area is 295 Å². The van der Waals surface area contributed by atoms with E-state index < -0.39 is 45.9 Å². The third kappa shape index (κ3) is 8.12. The lowest BCUT2D eigenvalue weighted by molar-refractivity contribution is -0.133. The number of nitrogens with zero attached hydrogens (tertiary/aromatic N) is 2. The maximum Gasteiger partial charge on any atom is 0.418 e. The molecule has 0 aliphatic carbocycles. The summed E-state index contributed by atoms with van der Waals surface area (Å²) < 4.78 is 39.2. The number of amides is 3. The lowest BCUT2D eigenvalue weighted by atomic mass is 9.94. The molecule has 0 spiro atoms. The van der Waals surface area contributed by atoms with Gasteiger partial charge in [-0.3, -0.25) is 14.4 Å². The number of ketones is 1. The minimum absolute atomic E-state index is 0.0152. The number of imide groups is 1. The van der Waals surface area contributed by atoms with Crippen LogP contribution in [0.3, 0.4) is 0 Å². The molecular weight excluding hydrogens is 684 g/mol. The molecule has 1 fully saturated rings. The molecule has 0 saturated carbocycles. The van der Waals surface area contributed by atoms with Gasteiger partial charge in [-0.25, -0.2) is 22.8 Å². The van der Waals surface area contributed by atoms with Crippen LogP contribution in [0.1, 0.15) is 62.7 Å². The molecule has 4 aromatic rings. The van der Waals surface area contributed by atoms with Crippen molar-refractivity contribution < 1.29 is 36.9 Å². The van der Waals surface area contributed by atoms with Gasteiger partial charge in [0.25, 0.3) is 11.8 Å². The maximum absolute atomic E-state index is 14.6. The van der Waals surface area contributed by atoms with E-state index in [0.717, 1.165) is 38.2 Å². The third-order valence-corrected chi connectivity index (χ3v) is 9.94. The predicted molar refractivity (Wildman–Crippen MR) is 187 cm³/mol. The summed E-state index contributed by atoms with van der Waals surface area (Å²) >= 11 is 6.46. The van der Waals surface area contributed by atoms with Crippen LogP contribution in [-0.4, -0.2) is 60.9 Å². The van der Waals surface area contributed by atoms with Crippen LogP contribution in [-0.2, 0) is 24.3 Å². The van der Waals surface area contributed by atoms with Gasteiger partial charge in [-0.2, -0.15) is 0 Å². The highest BCUT2D eigenvalue weighted by Crippen LogP contribution is 2.35. The average molecular weight is 721 g/mol. The Bertz CT molecular complexity index is 1910. The number of benzene rings is 3. The number of Topliss-reactive ketones (excluding diaryl/α,β-unsaturated/α-hetero) is 1. The number of nitrogens with one attached hydrogen (secondary N) is 2. The van der Waals surface area contributed by atoms with Gasteiger partial charge in [0.15, 0.2) is 17.9 Å². The summed E-state index contributed by atoms with van der Waals surface area (Å²) in [7, 11) is -3.91. The fourth-order valence-electron chi connectivity index (χ4n) is 5.53. The van der Waals surface area contributed by atoms with E-state index in [2.05, 4.69) is 22.1 Å². The minimum Gasteiger partial charge on any atom is -0.436 e. The molecule has 3 amide bonds. The van der Waals surface area contributed by atoms with Gasteiger partial charge in [0, 0.05) is 17.7 Å². The number of aromatic nitrogens is 1. The Morgan fingerprint density at radius 3 is 2.18 bits per heavy atom. The van der Waals surface area contributed by atoms with Gasteiger partial charge in [-0.1, -0.05) is 116 Å². The highest BCUT2D eigenvalue weighted by Gasteiger charge is 2.50. The summed E-state index contributed by atoms with van der Waals surface area (Å²) in [5.41, 5.74) is 0.815. The number of anilines is 1. The molecule has 0 radical (unpaired) electrons. The van der Waals surface area contributed by atoms with E-state index >= 15 is 0 Å². The minimum atomic E-state index is -3.91. The first kappa shape index (κ1) is 36.4. The number of cyclic esters (lactones) is 1. The van der Waals surface area contributed by atoms with E-state index in [1.54, 1.807) is 60.7 Å². The molecular formula is C36H37ClN4O8S. The lowest BCUT2D eigenvalue weighted by Gasteiger charge is -2.23. The Balaban J connectivity index is 1.46. The topological polar surface area (TPSA) is 165 Å². The number of unbranched alkanes of at least 4 members (excludes halogenated alkanes) is 5. The molecule has 1 saturated heterocycles. The fourth-order valence-corrected chi connectivity index (χ4v) is 6.92. The molecule has 2 atom stereocenters. The van der Waals surface area contributed by atoms with Crippen LogP contribution >= 0.6 is 11.6 Å². The fraction of sp³-hybridized carbons (Fsp3) is 0.306. The summed E-state index contributed by atoms with van der Waals surface area (Å²) in [4.78, 5) is 55.2. The molecule has 2 unspecified atom stereocenters. The molecule has 0 bridgehead atoms. The van der Waals surface area contributed by atoms with Crippen molar-refractivity contribution in [2.24, 2.45) is 0 Å². The van der Waals surface area contributed by atoms with E-state index in [4.69, 9.17) is 20.9 Å². The summed E-state index contributed by atoms with van der Waals surface area (Å²) in [5.74, 6) is -2.98. The number of carbonyl (C=O) groups excluding carboxylic acids is 4. The van der Waals surface area contributed by atoms with Crippen molar-refractivity contribution in [3.8, 4) is 22.6 Å². The molecule has 50 heavy (non-hydrogen) atoms. The summed E-state index contributed by atoms with van der Waals surface area (Å²) in [6.07, 6.45) is 3.52. The van der Waals surface area contributed by atoms with Gasteiger partial charge in [0.05, 0.1) is 21.2 Å². The molecule has 12 nitrogen and oxygen atoms in total. The number of rotatable bonds is 16. The number of carbonyl (C=O) groups is 4. The first-order valence-electron chi connectivity index (χ1n) is 16.3. The molecule has 2 heterocycles. The van der Waals surface area contributed by atoms with Gasteiger partial charge in [0.1, 0.15) is 5.69 Å². The van der Waals surface area contributed by atoms with Crippen LogP contribution in [0, 0.1) is 0 Å². The van der Waals surface area contributed by atoms with Crippen molar-refractivity contribution in [3.63, 3.8) is 0 Å². The van der Waals surface area contributed by atoms with Crippen molar-refractivity contribution in [1.29, 1.82) is 0 Å². The standard InChI is InChI=1S/C36H37ClN4O8S/c1-3-4-5-6-7-14-21-38-50(46,47)26-19-20-28(27(37)22-26)39-34(43)31(41-35(44)23(2)48-36(41)45)32(42)29-30(24-15-10-8-11-16-24)40-49-33(29)25-17-12-9-13-18-25/h8-13,15-20,22-23,31,38H,3-7,14,21H2,1-2H3,(H,39,43). The third-order valence-electron chi connectivity index (χ3n) is 8.17. The Hall–Kier alpha value is -4.85. The number of hydrogen-bond donors (Lipinski definition) is 2. The zero-order valence-electron chi connectivity index (χ0n) is 27.6. The van der Waals surface area contributed by atoms with Crippen LogP contribution < -0.4 is 10.0 Å². The highest BCUT2D eigenvalue weighted by molar-refractivity contribution is 7.89. The van der Waals surface area contributed by atoms with Crippen molar-refractivity contribution in [2.45, 2.75) is 69.4 Å². The molecule has 1 aromatic heterocycles.